The maximum Gasteiger partial charge on any atom is 0.240 e. The number of hydrogen-bond donors (Lipinski definition) is 1. The molecule has 0 fully saturated rings. The predicted molar refractivity (Wildman–Crippen MR) is 73.9 cm³/mol. The summed E-state index contributed by atoms with van der Waals surface area (Å²) >= 11 is 0. The van der Waals surface area contributed by atoms with Crippen LogP contribution in [0.25, 0.3) is 0 Å². The Hall–Kier alpha value is -2.15. The van der Waals surface area contributed by atoms with Crippen molar-refractivity contribution in [2.45, 2.75) is 13.0 Å². The van der Waals surface area contributed by atoms with Gasteiger partial charge in [0.1, 0.15) is 5.69 Å². The first kappa shape index (κ1) is 14.3. The number of aryl methyl sites for hydroxylation is 1. The van der Waals surface area contributed by atoms with Gasteiger partial charge in [0.05, 0.1) is 32.7 Å². The Morgan fingerprint density at radius 1 is 1.30 bits per heavy atom. The van der Waals surface area contributed by atoms with E-state index in [1.165, 1.54) is 0 Å². The summed E-state index contributed by atoms with van der Waals surface area (Å²) in [5.74, 6) is 0.867. The Bertz CT molecular complexity index is 570. The molecule has 0 aliphatic rings. The monoisotopic (exact) mass is 277 g/mol. The van der Waals surface area contributed by atoms with Crippen LogP contribution in [0.4, 0.5) is 0 Å². The van der Waals surface area contributed by atoms with Gasteiger partial charge in [0.15, 0.2) is 0 Å². The Kier molecular flexibility index (Phi) is 4.52. The highest BCUT2D eigenvalue weighted by molar-refractivity contribution is 5.32. The highest BCUT2D eigenvalue weighted by atomic mass is 16.5. The molecule has 108 valence electrons. The maximum atomic E-state index is 5.32. The summed E-state index contributed by atoms with van der Waals surface area (Å²) in [5.41, 5.74) is 1.72. The average Bonchev–Trinajstić information content (AvgIpc) is 2.90. The topological polar surface area (TPSA) is 74.1 Å². The molecule has 1 atom stereocenters. The van der Waals surface area contributed by atoms with Gasteiger partial charge in [0.2, 0.25) is 11.8 Å². The molecule has 0 saturated heterocycles. The minimum Gasteiger partial charge on any atom is -0.480 e. The smallest absolute Gasteiger partial charge is 0.240 e. The molecule has 1 N–H and O–H groups in total. The van der Waals surface area contributed by atoms with Crippen molar-refractivity contribution in [3.63, 3.8) is 0 Å². The molecule has 0 spiro atoms. The van der Waals surface area contributed by atoms with Crippen LogP contribution in [-0.4, -0.2) is 40.5 Å². The highest BCUT2D eigenvalue weighted by Crippen LogP contribution is 2.27. The first-order valence-corrected chi connectivity index (χ1v) is 6.36. The molecule has 0 radical (unpaired) electrons. The van der Waals surface area contributed by atoms with Gasteiger partial charge in [0.25, 0.3) is 0 Å². The van der Waals surface area contributed by atoms with Crippen molar-refractivity contribution in [1.82, 2.24) is 25.1 Å². The van der Waals surface area contributed by atoms with Gasteiger partial charge in [-0.1, -0.05) is 6.92 Å². The Balaban J connectivity index is 2.43. The fourth-order valence-corrected chi connectivity index (χ4v) is 1.98. The molecule has 2 rings (SSSR count). The quantitative estimate of drug-likeness (QED) is 0.846. The summed E-state index contributed by atoms with van der Waals surface area (Å²) in [6, 6.07) is -0.123. The van der Waals surface area contributed by atoms with Gasteiger partial charge < -0.3 is 14.8 Å². The van der Waals surface area contributed by atoms with Crippen LogP contribution in [0.15, 0.2) is 18.6 Å². The van der Waals surface area contributed by atoms with Crippen molar-refractivity contribution in [1.29, 1.82) is 0 Å². The summed E-state index contributed by atoms with van der Waals surface area (Å²) in [6.07, 6.45) is 5.33. The van der Waals surface area contributed by atoms with E-state index in [1.54, 1.807) is 31.3 Å². The van der Waals surface area contributed by atoms with Crippen LogP contribution in [0.2, 0.25) is 0 Å². The van der Waals surface area contributed by atoms with Gasteiger partial charge in [-0.15, -0.1) is 0 Å². The Morgan fingerprint density at radius 2 is 2.10 bits per heavy atom. The van der Waals surface area contributed by atoms with Crippen LogP contribution in [0.1, 0.15) is 24.2 Å². The van der Waals surface area contributed by atoms with Crippen molar-refractivity contribution >= 4 is 0 Å². The van der Waals surface area contributed by atoms with Crippen LogP contribution >= 0.6 is 0 Å². The van der Waals surface area contributed by atoms with E-state index in [-0.39, 0.29) is 6.04 Å². The normalized spacial score (nSPS) is 12.2. The fourth-order valence-electron chi connectivity index (χ4n) is 1.98. The van der Waals surface area contributed by atoms with Crippen LogP contribution in [0.3, 0.4) is 0 Å². The first-order chi connectivity index (χ1) is 9.69. The molecule has 20 heavy (non-hydrogen) atoms. The molecular weight excluding hydrogens is 258 g/mol. The third-order valence-corrected chi connectivity index (χ3v) is 2.89. The van der Waals surface area contributed by atoms with E-state index in [9.17, 15) is 0 Å². The molecule has 7 heteroatoms. The Labute approximate surface area is 118 Å². The zero-order valence-corrected chi connectivity index (χ0v) is 12.1. The lowest BCUT2D eigenvalue weighted by molar-refractivity contribution is 0.352. The second-order valence-electron chi connectivity index (χ2n) is 4.24. The summed E-state index contributed by atoms with van der Waals surface area (Å²) in [5, 5.41) is 7.56. The van der Waals surface area contributed by atoms with E-state index < -0.39 is 0 Å². The minimum absolute atomic E-state index is 0.123. The maximum absolute atomic E-state index is 5.32. The average molecular weight is 277 g/mol. The van der Waals surface area contributed by atoms with Crippen molar-refractivity contribution < 1.29 is 9.47 Å². The molecule has 2 heterocycles. The molecule has 0 aromatic carbocycles. The molecule has 1 unspecified atom stereocenters. The number of aromatic nitrogens is 4. The van der Waals surface area contributed by atoms with Gasteiger partial charge in [0, 0.05) is 18.8 Å². The van der Waals surface area contributed by atoms with E-state index in [2.05, 4.69) is 20.4 Å². The second kappa shape index (κ2) is 6.33. The number of ether oxygens (including phenoxy) is 2. The molecule has 0 aliphatic heterocycles. The van der Waals surface area contributed by atoms with Crippen LogP contribution < -0.4 is 14.8 Å². The van der Waals surface area contributed by atoms with Crippen LogP contribution in [-0.2, 0) is 7.05 Å². The largest absolute Gasteiger partial charge is 0.480 e. The lowest BCUT2D eigenvalue weighted by Gasteiger charge is -2.18. The van der Waals surface area contributed by atoms with Crippen LogP contribution in [0.5, 0.6) is 11.8 Å². The predicted octanol–water partition coefficient (Wildman–Crippen LogP) is 0.926. The molecule has 0 saturated carbocycles. The SMILES string of the molecule is CCNC(c1cnn(C)c1)c1ncc(OC)nc1OC. The molecule has 2 aromatic rings. The van der Waals surface area contributed by atoms with E-state index in [0.717, 1.165) is 12.1 Å². The highest BCUT2D eigenvalue weighted by Gasteiger charge is 2.22. The van der Waals surface area contributed by atoms with Gasteiger partial charge in [-0.25, -0.2) is 4.98 Å². The van der Waals surface area contributed by atoms with E-state index in [1.807, 2.05) is 20.2 Å². The fraction of sp³-hybridized carbons (Fsp3) is 0.462. The van der Waals surface area contributed by atoms with E-state index >= 15 is 0 Å². The van der Waals surface area contributed by atoms with Gasteiger partial charge in [-0.05, 0) is 6.54 Å². The van der Waals surface area contributed by atoms with Crippen molar-refractivity contribution in [3.05, 3.63) is 29.8 Å². The third kappa shape index (κ3) is 2.88. The molecule has 7 nitrogen and oxygen atoms in total. The van der Waals surface area contributed by atoms with Gasteiger partial charge in [-0.2, -0.15) is 10.1 Å². The standard InChI is InChI=1S/C13H19N5O2/c1-5-14-11(9-6-16-18(2)8-9)12-13(20-4)17-10(19-3)7-15-12/h6-8,11,14H,5H2,1-4H3. The van der Waals surface area contributed by atoms with Crippen LogP contribution in [0, 0.1) is 0 Å². The molecule has 0 amide bonds. The number of nitrogens with one attached hydrogen (secondary N) is 1. The van der Waals surface area contributed by atoms with E-state index in [0.29, 0.717) is 17.5 Å². The summed E-state index contributed by atoms with van der Waals surface area (Å²) in [6.45, 7) is 2.82. The minimum atomic E-state index is -0.123. The summed E-state index contributed by atoms with van der Waals surface area (Å²) < 4.78 is 12.1. The molecule has 2 aromatic heterocycles. The Morgan fingerprint density at radius 3 is 2.65 bits per heavy atom. The second-order valence-corrected chi connectivity index (χ2v) is 4.24. The van der Waals surface area contributed by atoms with Crippen molar-refractivity contribution in [2.24, 2.45) is 7.05 Å². The zero-order chi connectivity index (χ0) is 14.5. The molecule has 0 bridgehead atoms. The molecular formula is C13H19N5O2. The van der Waals surface area contributed by atoms with Crippen molar-refractivity contribution in [2.75, 3.05) is 20.8 Å². The number of methoxy groups -OCH3 is 2. The van der Waals surface area contributed by atoms with Gasteiger partial charge in [-0.3, -0.25) is 4.68 Å². The molecule has 0 aliphatic carbocycles. The zero-order valence-electron chi connectivity index (χ0n) is 12.1. The lowest BCUT2D eigenvalue weighted by Crippen LogP contribution is -2.23. The van der Waals surface area contributed by atoms with Gasteiger partial charge >= 0.3 is 0 Å². The van der Waals surface area contributed by atoms with Crippen molar-refractivity contribution in [3.8, 4) is 11.8 Å². The number of rotatable bonds is 6. The number of hydrogen-bond acceptors (Lipinski definition) is 6. The van der Waals surface area contributed by atoms with E-state index in [4.69, 9.17) is 9.47 Å². The third-order valence-electron chi connectivity index (χ3n) is 2.89. The summed E-state index contributed by atoms with van der Waals surface area (Å²) in [7, 11) is 4.99. The first-order valence-electron chi connectivity index (χ1n) is 6.36. The number of nitrogens with zero attached hydrogens (tertiary/aromatic N) is 4. The lowest BCUT2D eigenvalue weighted by atomic mass is 10.1. The summed E-state index contributed by atoms with van der Waals surface area (Å²) in [4.78, 5) is 8.68.